The third-order valence-electron chi connectivity index (χ3n) is 2.85. The summed E-state index contributed by atoms with van der Waals surface area (Å²) in [6.45, 7) is 0. The van der Waals surface area contributed by atoms with Crippen LogP contribution >= 0.6 is 11.6 Å². The summed E-state index contributed by atoms with van der Waals surface area (Å²) < 4.78 is 0. The van der Waals surface area contributed by atoms with Crippen molar-refractivity contribution in [3.05, 3.63) is 21.6 Å². The molecule has 6 heteroatoms. The fourth-order valence-electron chi connectivity index (χ4n) is 1.92. The first-order valence-electron chi connectivity index (χ1n) is 5.34. The molecule has 1 aromatic heterocycles. The van der Waals surface area contributed by atoms with Gasteiger partial charge in [-0.1, -0.05) is 11.6 Å². The Morgan fingerprint density at radius 3 is 2.81 bits per heavy atom. The molecule has 0 aromatic carbocycles. The van der Waals surface area contributed by atoms with Gasteiger partial charge in [0.25, 0.3) is 5.56 Å². The second kappa shape index (κ2) is 4.84. The number of rotatable bonds is 2. The van der Waals surface area contributed by atoms with E-state index in [1.54, 1.807) is 0 Å². The van der Waals surface area contributed by atoms with Gasteiger partial charge in [0.1, 0.15) is 5.02 Å². The zero-order chi connectivity index (χ0) is 11.5. The Bertz CT molecular complexity index is 413. The molecule has 0 unspecified atom stereocenters. The summed E-state index contributed by atoms with van der Waals surface area (Å²) in [4.78, 5) is 11.2. The van der Waals surface area contributed by atoms with Gasteiger partial charge in [-0.15, -0.1) is 0 Å². The minimum atomic E-state index is -0.387. The quantitative estimate of drug-likeness (QED) is 0.728. The standard InChI is InChI=1S/C10H14ClN3O2/c11-9-8(5-12-14-10(9)16)13-6-1-3-7(15)4-2-6/h5-7,15H,1-4H2,(H2,13,14,16). The van der Waals surface area contributed by atoms with Crippen LogP contribution in [0, 0.1) is 0 Å². The van der Waals surface area contributed by atoms with Crippen molar-refractivity contribution in [2.45, 2.75) is 37.8 Å². The lowest BCUT2D eigenvalue weighted by Crippen LogP contribution is -2.29. The summed E-state index contributed by atoms with van der Waals surface area (Å²) >= 11 is 5.85. The van der Waals surface area contributed by atoms with Crippen molar-refractivity contribution in [1.82, 2.24) is 10.2 Å². The molecular formula is C10H14ClN3O2. The van der Waals surface area contributed by atoms with Crippen LogP contribution in [0.5, 0.6) is 0 Å². The van der Waals surface area contributed by atoms with E-state index in [0.717, 1.165) is 25.7 Å². The average Bonchev–Trinajstić information content (AvgIpc) is 2.28. The third kappa shape index (κ3) is 2.54. The van der Waals surface area contributed by atoms with Crippen molar-refractivity contribution < 1.29 is 5.11 Å². The summed E-state index contributed by atoms with van der Waals surface area (Å²) in [5, 5.41) is 18.7. The molecule has 1 fully saturated rings. The summed E-state index contributed by atoms with van der Waals surface area (Å²) in [5.74, 6) is 0. The lowest BCUT2D eigenvalue weighted by molar-refractivity contribution is 0.126. The fraction of sp³-hybridized carbons (Fsp3) is 0.600. The summed E-state index contributed by atoms with van der Waals surface area (Å²) in [6, 6.07) is 0.254. The van der Waals surface area contributed by atoms with Gasteiger partial charge in [-0.2, -0.15) is 5.10 Å². The number of anilines is 1. The van der Waals surface area contributed by atoms with Crippen molar-refractivity contribution in [3.8, 4) is 0 Å². The number of hydrogen-bond donors (Lipinski definition) is 3. The molecule has 88 valence electrons. The van der Waals surface area contributed by atoms with Crippen molar-refractivity contribution in [2.75, 3.05) is 5.32 Å². The zero-order valence-corrected chi connectivity index (χ0v) is 9.50. The molecule has 1 aromatic rings. The van der Waals surface area contributed by atoms with Gasteiger partial charge in [0, 0.05) is 6.04 Å². The Labute approximate surface area is 97.8 Å². The van der Waals surface area contributed by atoms with Crippen LogP contribution < -0.4 is 10.9 Å². The molecule has 3 N–H and O–H groups in total. The molecule has 1 saturated carbocycles. The smallest absolute Gasteiger partial charge is 0.285 e. The highest BCUT2D eigenvalue weighted by Gasteiger charge is 2.20. The first kappa shape index (κ1) is 11.4. The minimum absolute atomic E-state index is 0.140. The van der Waals surface area contributed by atoms with Crippen LogP contribution in [0.25, 0.3) is 0 Å². The van der Waals surface area contributed by atoms with E-state index in [0.29, 0.717) is 5.69 Å². The molecule has 5 nitrogen and oxygen atoms in total. The van der Waals surface area contributed by atoms with Crippen molar-refractivity contribution in [1.29, 1.82) is 0 Å². The zero-order valence-electron chi connectivity index (χ0n) is 8.74. The normalized spacial score (nSPS) is 25.4. The van der Waals surface area contributed by atoms with E-state index >= 15 is 0 Å². The maximum atomic E-state index is 11.2. The van der Waals surface area contributed by atoms with Gasteiger partial charge in [-0.05, 0) is 25.7 Å². The summed E-state index contributed by atoms with van der Waals surface area (Å²) in [7, 11) is 0. The monoisotopic (exact) mass is 243 g/mol. The Balaban J connectivity index is 2.04. The highest BCUT2D eigenvalue weighted by atomic mass is 35.5. The maximum absolute atomic E-state index is 11.2. The molecule has 16 heavy (non-hydrogen) atoms. The number of halogens is 1. The Hall–Kier alpha value is -1.07. The molecule has 0 spiro atoms. The SMILES string of the molecule is O=c1[nH]ncc(NC2CCC(O)CC2)c1Cl. The number of aliphatic hydroxyl groups excluding tert-OH is 1. The predicted molar refractivity (Wildman–Crippen MR) is 61.8 cm³/mol. The second-order valence-corrected chi connectivity index (χ2v) is 4.45. The van der Waals surface area contributed by atoms with Gasteiger partial charge in [0.15, 0.2) is 0 Å². The fourth-order valence-corrected chi connectivity index (χ4v) is 2.07. The molecule has 0 radical (unpaired) electrons. The second-order valence-electron chi connectivity index (χ2n) is 4.08. The number of H-pyrrole nitrogens is 1. The number of aromatic nitrogens is 2. The van der Waals surface area contributed by atoms with E-state index in [-0.39, 0.29) is 22.7 Å². The highest BCUT2D eigenvalue weighted by Crippen LogP contribution is 2.23. The van der Waals surface area contributed by atoms with Crippen LogP contribution in [0.15, 0.2) is 11.0 Å². The van der Waals surface area contributed by atoms with Crippen molar-refractivity contribution in [2.24, 2.45) is 0 Å². The van der Waals surface area contributed by atoms with Crippen molar-refractivity contribution in [3.63, 3.8) is 0 Å². The van der Waals surface area contributed by atoms with E-state index in [4.69, 9.17) is 11.6 Å². The van der Waals surface area contributed by atoms with E-state index < -0.39 is 0 Å². The first-order chi connectivity index (χ1) is 7.66. The van der Waals surface area contributed by atoms with E-state index in [1.807, 2.05) is 0 Å². The van der Waals surface area contributed by atoms with Gasteiger partial charge >= 0.3 is 0 Å². The number of hydrogen-bond acceptors (Lipinski definition) is 4. The predicted octanol–water partition coefficient (Wildman–Crippen LogP) is 1.14. The molecule has 1 heterocycles. The highest BCUT2D eigenvalue weighted by molar-refractivity contribution is 6.32. The molecule has 1 aliphatic rings. The summed E-state index contributed by atoms with van der Waals surface area (Å²) in [6.07, 6.45) is 4.65. The molecule has 0 atom stereocenters. The van der Waals surface area contributed by atoms with Gasteiger partial charge in [-0.3, -0.25) is 4.79 Å². The molecule has 0 aliphatic heterocycles. The van der Waals surface area contributed by atoms with Crippen molar-refractivity contribution >= 4 is 17.3 Å². The molecule has 1 aliphatic carbocycles. The Morgan fingerprint density at radius 1 is 1.44 bits per heavy atom. The topological polar surface area (TPSA) is 78.0 Å². The number of aromatic amines is 1. The van der Waals surface area contributed by atoms with Gasteiger partial charge in [-0.25, -0.2) is 5.10 Å². The summed E-state index contributed by atoms with van der Waals surface area (Å²) in [5.41, 5.74) is 0.175. The van der Waals surface area contributed by atoms with Gasteiger partial charge in [0.05, 0.1) is 18.0 Å². The van der Waals surface area contributed by atoms with Crippen LogP contribution in [0.3, 0.4) is 0 Å². The van der Waals surface area contributed by atoms with Crippen LogP contribution in [0.1, 0.15) is 25.7 Å². The lowest BCUT2D eigenvalue weighted by Gasteiger charge is -2.26. The minimum Gasteiger partial charge on any atom is -0.393 e. The number of nitrogens with one attached hydrogen (secondary N) is 2. The first-order valence-corrected chi connectivity index (χ1v) is 5.72. The van der Waals surface area contributed by atoms with E-state index in [2.05, 4.69) is 15.5 Å². The Morgan fingerprint density at radius 2 is 2.12 bits per heavy atom. The maximum Gasteiger partial charge on any atom is 0.285 e. The van der Waals surface area contributed by atoms with Crippen LogP contribution in [0.4, 0.5) is 5.69 Å². The van der Waals surface area contributed by atoms with Gasteiger partial charge < -0.3 is 10.4 Å². The van der Waals surface area contributed by atoms with Crippen LogP contribution in [-0.2, 0) is 0 Å². The number of aliphatic hydroxyl groups is 1. The molecule has 0 bridgehead atoms. The van der Waals surface area contributed by atoms with E-state index in [9.17, 15) is 9.90 Å². The molecule has 0 saturated heterocycles. The molecule has 2 rings (SSSR count). The van der Waals surface area contributed by atoms with Crippen LogP contribution in [0.2, 0.25) is 5.02 Å². The molecular weight excluding hydrogens is 230 g/mol. The molecule has 0 amide bonds. The van der Waals surface area contributed by atoms with Gasteiger partial charge in [0.2, 0.25) is 0 Å². The number of nitrogens with zero attached hydrogens (tertiary/aromatic N) is 1. The largest absolute Gasteiger partial charge is 0.393 e. The van der Waals surface area contributed by atoms with Crippen LogP contribution in [-0.4, -0.2) is 27.4 Å². The average molecular weight is 244 g/mol. The lowest BCUT2D eigenvalue weighted by atomic mass is 9.93. The van der Waals surface area contributed by atoms with E-state index in [1.165, 1.54) is 6.20 Å². The Kier molecular flexibility index (Phi) is 3.46. The third-order valence-corrected chi connectivity index (χ3v) is 3.23.